The molecule has 156 valence electrons. The Morgan fingerprint density at radius 3 is 2.52 bits per heavy atom. The predicted octanol–water partition coefficient (Wildman–Crippen LogP) is 2.02. The number of piperazine rings is 1. The van der Waals surface area contributed by atoms with Crippen LogP contribution in [0.25, 0.3) is 0 Å². The lowest BCUT2D eigenvalue weighted by Crippen LogP contribution is -2.50. The van der Waals surface area contributed by atoms with Crippen molar-refractivity contribution in [1.29, 1.82) is 0 Å². The van der Waals surface area contributed by atoms with Gasteiger partial charge >= 0.3 is 5.69 Å². The molecule has 3 rings (SSSR count). The Hall–Kier alpha value is -2.21. The number of aromatic nitrogens is 2. The third-order valence-corrected chi connectivity index (χ3v) is 7.10. The van der Waals surface area contributed by atoms with Gasteiger partial charge in [0.2, 0.25) is 15.9 Å². The van der Waals surface area contributed by atoms with E-state index < -0.39 is 14.9 Å². The molecule has 29 heavy (non-hydrogen) atoms. The predicted molar refractivity (Wildman–Crippen MR) is 105 cm³/mol. The van der Waals surface area contributed by atoms with E-state index >= 15 is 0 Å². The second kappa shape index (κ2) is 8.66. The van der Waals surface area contributed by atoms with E-state index in [1.807, 2.05) is 0 Å². The van der Waals surface area contributed by atoms with Gasteiger partial charge in [-0.3, -0.25) is 19.6 Å². The fourth-order valence-corrected chi connectivity index (χ4v) is 5.09. The van der Waals surface area contributed by atoms with Crippen LogP contribution in [0.2, 0.25) is 10.0 Å². The lowest BCUT2D eigenvalue weighted by molar-refractivity contribution is -0.385. The van der Waals surface area contributed by atoms with Crippen LogP contribution >= 0.6 is 23.2 Å². The first-order valence-corrected chi connectivity index (χ1v) is 10.8. The van der Waals surface area contributed by atoms with Crippen LogP contribution < -0.4 is 0 Å². The first-order chi connectivity index (χ1) is 13.7. The van der Waals surface area contributed by atoms with Gasteiger partial charge in [-0.2, -0.15) is 9.40 Å². The summed E-state index contributed by atoms with van der Waals surface area (Å²) in [6.07, 6.45) is 2.48. The molecule has 1 amide bonds. The molecule has 1 aromatic carbocycles. The molecular formula is C16H17Cl2N5O5S. The van der Waals surface area contributed by atoms with E-state index in [0.29, 0.717) is 0 Å². The Labute approximate surface area is 176 Å². The van der Waals surface area contributed by atoms with Crippen molar-refractivity contribution in [3.05, 3.63) is 50.8 Å². The summed E-state index contributed by atoms with van der Waals surface area (Å²) < 4.78 is 28.2. The summed E-state index contributed by atoms with van der Waals surface area (Å²) in [5.74, 6) is -0.180. The number of halogens is 2. The van der Waals surface area contributed by atoms with Crippen molar-refractivity contribution in [2.75, 3.05) is 26.2 Å². The van der Waals surface area contributed by atoms with Crippen molar-refractivity contribution in [3.63, 3.8) is 0 Å². The zero-order valence-electron chi connectivity index (χ0n) is 15.1. The van der Waals surface area contributed by atoms with Crippen molar-refractivity contribution < 1.29 is 18.1 Å². The number of sulfonamides is 1. The molecule has 13 heteroatoms. The molecule has 1 aliphatic heterocycles. The smallest absolute Gasteiger partial charge is 0.306 e. The molecule has 0 bridgehead atoms. The standard InChI is InChI=1S/C16H17Cl2N5O5S/c17-12-1-2-14(18)15(9-12)29(27,28)22-7-5-20(6-8-22)16(24)3-4-21-11-13(10-19-21)23(25)26/h1-2,9-11H,3-8H2. The van der Waals surface area contributed by atoms with E-state index in [2.05, 4.69) is 5.10 Å². The average molecular weight is 462 g/mol. The first kappa shape index (κ1) is 21.5. The summed E-state index contributed by atoms with van der Waals surface area (Å²) in [6, 6.07) is 4.24. The van der Waals surface area contributed by atoms with E-state index in [1.54, 1.807) is 4.90 Å². The zero-order valence-corrected chi connectivity index (χ0v) is 17.4. The molecule has 0 atom stereocenters. The van der Waals surface area contributed by atoms with Crippen LogP contribution in [-0.4, -0.2) is 64.4 Å². The molecule has 0 unspecified atom stereocenters. The molecule has 2 heterocycles. The Morgan fingerprint density at radius 1 is 1.21 bits per heavy atom. The number of hydrogen-bond acceptors (Lipinski definition) is 6. The monoisotopic (exact) mass is 461 g/mol. The van der Waals surface area contributed by atoms with Gasteiger partial charge in [0.25, 0.3) is 0 Å². The average Bonchev–Trinajstić information content (AvgIpc) is 3.17. The van der Waals surface area contributed by atoms with Crippen molar-refractivity contribution in [3.8, 4) is 0 Å². The number of carbonyl (C=O) groups excluding carboxylic acids is 1. The van der Waals surface area contributed by atoms with Gasteiger partial charge < -0.3 is 4.90 Å². The van der Waals surface area contributed by atoms with Gasteiger partial charge in [-0.1, -0.05) is 23.2 Å². The van der Waals surface area contributed by atoms with Crippen LogP contribution in [0.1, 0.15) is 6.42 Å². The molecule has 0 N–H and O–H groups in total. The second-order valence-corrected chi connectivity index (χ2v) is 9.08. The maximum Gasteiger partial charge on any atom is 0.306 e. The van der Waals surface area contributed by atoms with Crippen LogP contribution in [-0.2, 0) is 21.4 Å². The number of rotatable bonds is 6. The number of nitrogens with zero attached hydrogens (tertiary/aromatic N) is 5. The Balaban J connectivity index is 1.57. The van der Waals surface area contributed by atoms with Gasteiger partial charge in [-0.05, 0) is 18.2 Å². The van der Waals surface area contributed by atoms with Gasteiger partial charge in [0.15, 0.2) is 0 Å². The SMILES string of the molecule is O=C(CCn1cc([N+](=O)[O-])cn1)N1CCN(S(=O)(=O)c2cc(Cl)ccc2Cl)CC1. The Kier molecular flexibility index (Phi) is 6.42. The van der Waals surface area contributed by atoms with Crippen LogP contribution in [0, 0.1) is 10.1 Å². The molecule has 0 radical (unpaired) electrons. The summed E-state index contributed by atoms with van der Waals surface area (Å²) in [5, 5.41) is 14.9. The van der Waals surface area contributed by atoms with Gasteiger partial charge in [0.1, 0.15) is 17.3 Å². The number of nitro groups is 1. The molecular weight excluding hydrogens is 445 g/mol. The van der Waals surface area contributed by atoms with Crippen molar-refractivity contribution in [1.82, 2.24) is 19.0 Å². The summed E-state index contributed by atoms with van der Waals surface area (Å²) in [5.41, 5.74) is -0.143. The fraction of sp³-hybridized carbons (Fsp3) is 0.375. The largest absolute Gasteiger partial charge is 0.340 e. The summed E-state index contributed by atoms with van der Waals surface area (Å²) >= 11 is 11.9. The minimum absolute atomic E-state index is 0.0632. The zero-order chi connectivity index (χ0) is 21.2. The highest BCUT2D eigenvalue weighted by molar-refractivity contribution is 7.89. The van der Waals surface area contributed by atoms with E-state index in [9.17, 15) is 23.3 Å². The number of benzene rings is 1. The highest BCUT2D eigenvalue weighted by Crippen LogP contribution is 2.28. The van der Waals surface area contributed by atoms with Crippen LogP contribution in [0.15, 0.2) is 35.5 Å². The third-order valence-electron chi connectivity index (χ3n) is 4.49. The van der Waals surface area contributed by atoms with Gasteiger partial charge in [-0.15, -0.1) is 0 Å². The van der Waals surface area contributed by atoms with E-state index in [-0.39, 0.29) is 65.7 Å². The van der Waals surface area contributed by atoms with Crippen LogP contribution in [0.5, 0.6) is 0 Å². The second-order valence-electron chi connectivity index (χ2n) is 6.33. The molecule has 0 saturated carbocycles. The van der Waals surface area contributed by atoms with Crippen molar-refractivity contribution in [2.24, 2.45) is 0 Å². The topological polar surface area (TPSA) is 119 Å². The molecule has 1 aromatic heterocycles. The summed E-state index contributed by atoms with van der Waals surface area (Å²) in [6.45, 7) is 0.919. The number of amides is 1. The molecule has 2 aromatic rings. The van der Waals surface area contributed by atoms with Crippen molar-refractivity contribution >= 4 is 44.8 Å². The molecule has 0 spiro atoms. The third kappa shape index (κ3) is 4.86. The van der Waals surface area contributed by atoms with E-state index in [1.165, 1.54) is 33.4 Å². The van der Waals surface area contributed by atoms with Crippen LogP contribution in [0.4, 0.5) is 5.69 Å². The maximum atomic E-state index is 12.8. The summed E-state index contributed by atoms with van der Waals surface area (Å²) in [7, 11) is -3.82. The minimum atomic E-state index is -3.82. The Morgan fingerprint density at radius 2 is 1.90 bits per heavy atom. The highest BCUT2D eigenvalue weighted by Gasteiger charge is 2.31. The highest BCUT2D eigenvalue weighted by atomic mass is 35.5. The normalized spacial score (nSPS) is 15.4. The fourth-order valence-electron chi connectivity index (χ4n) is 2.93. The minimum Gasteiger partial charge on any atom is -0.340 e. The quantitative estimate of drug-likeness (QED) is 0.479. The van der Waals surface area contributed by atoms with Gasteiger partial charge in [0, 0.05) is 44.2 Å². The number of aryl methyl sites for hydroxylation is 1. The lowest BCUT2D eigenvalue weighted by atomic mass is 10.3. The molecule has 0 aliphatic carbocycles. The first-order valence-electron chi connectivity index (χ1n) is 8.58. The summed E-state index contributed by atoms with van der Waals surface area (Å²) in [4.78, 5) is 24.0. The number of hydrogen-bond donors (Lipinski definition) is 0. The molecule has 1 saturated heterocycles. The van der Waals surface area contributed by atoms with Crippen molar-refractivity contribution in [2.45, 2.75) is 17.9 Å². The van der Waals surface area contributed by atoms with Gasteiger partial charge in [-0.25, -0.2) is 8.42 Å². The lowest BCUT2D eigenvalue weighted by Gasteiger charge is -2.34. The Bertz CT molecular complexity index is 1030. The van der Waals surface area contributed by atoms with Gasteiger partial charge in [0.05, 0.1) is 9.95 Å². The maximum absolute atomic E-state index is 12.8. The number of carbonyl (C=O) groups is 1. The molecule has 10 nitrogen and oxygen atoms in total. The molecule has 1 aliphatic rings. The van der Waals surface area contributed by atoms with E-state index in [4.69, 9.17) is 23.2 Å². The van der Waals surface area contributed by atoms with E-state index in [0.717, 1.165) is 6.20 Å². The molecule has 1 fully saturated rings. The van der Waals surface area contributed by atoms with Crippen LogP contribution in [0.3, 0.4) is 0 Å².